The van der Waals surface area contributed by atoms with Gasteiger partial charge in [-0.3, -0.25) is 29.1 Å². The van der Waals surface area contributed by atoms with E-state index in [0.29, 0.717) is 5.75 Å². The summed E-state index contributed by atoms with van der Waals surface area (Å²) in [6.07, 6.45) is -1.16. The number of nitrogens with zero attached hydrogens (tertiary/aromatic N) is 3. The molecule has 0 aliphatic carbocycles. The SMILES string of the molecule is Nc1nc(N)c(CC(=O)Nc2ccc(N(C=O)[C@@H](CCC(=O)O)C(=O)O)nc2Oc2ccccc2)c(=O)[nH]1. The van der Waals surface area contributed by atoms with Crippen LogP contribution in [0.5, 0.6) is 11.6 Å². The van der Waals surface area contributed by atoms with Gasteiger partial charge in [-0.05, 0) is 30.7 Å². The molecule has 0 saturated carbocycles. The monoisotopic (exact) mass is 525 g/mol. The quantitative estimate of drug-likeness (QED) is 0.178. The van der Waals surface area contributed by atoms with Crippen LogP contribution in [-0.2, 0) is 25.6 Å². The zero-order valence-corrected chi connectivity index (χ0v) is 19.7. The number of nitrogen functional groups attached to an aromatic ring is 2. The Labute approximate surface area is 214 Å². The van der Waals surface area contributed by atoms with Gasteiger partial charge in [0.2, 0.25) is 24.1 Å². The van der Waals surface area contributed by atoms with E-state index in [1.54, 1.807) is 30.3 Å². The van der Waals surface area contributed by atoms with Crippen molar-refractivity contribution in [2.45, 2.75) is 25.3 Å². The first kappa shape index (κ1) is 27.1. The molecule has 0 bridgehead atoms. The Kier molecular flexibility index (Phi) is 8.55. The zero-order chi connectivity index (χ0) is 27.8. The van der Waals surface area contributed by atoms with Gasteiger partial charge in [0.1, 0.15) is 29.1 Å². The molecule has 2 amide bonds. The van der Waals surface area contributed by atoms with Gasteiger partial charge in [0.15, 0.2) is 0 Å². The van der Waals surface area contributed by atoms with Crippen molar-refractivity contribution in [3.8, 4) is 11.6 Å². The molecule has 0 fully saturated rings. The van der Waals surface area contributed by atoms with E-state index in [0.717, 1.165) is 4.90 Å². The lowest BCUT2D eigenvalue weighted by Gasteiger charge is -2.24. The van der Waals surface area contributed by atoms with Gasteiger partial charge in [-0.15, -0.1) is 0 Å². The minimum Gasteiger partial charge on any atom is -0.481 e. The zero-order valence-electron chi connectivity index (χ0n) is 19.7. The van der Waals surface area contributed by atoms with Crippen LogP contribution in [0.1, 0.15) is 18.4 Å². The van der Waals surface area contributed by atoms with Crippen molar-refractivity contribution < 1.29 is 34.1 Å². The fourth-order valence-corrected chi connectivity index (χ4v) is 3.34. The number of carbonyl (C=O) groups is 4. The van der Waals surface area contributed by atoms with Crippen molar-refractivity contribution in [3.05, 3.63) is 58.4 Å². The summed E-state index contributed by atoms with van der Waals surface area (Å²) in [6, 6.07) is 9.26. The molecule has 2 heterocycles. The molecule has 198 valence electrons. The number of H-pyrrole nitrogens is 1. The highest BCUT2D eigenvalue weighted by Gasteiger charge is 2.28. The molecular formula is C23H23N7O8. The van der Waals surface area contributed by atoms with Gasteiger partial charge in [-0.1, -0.05) is 18.2 Å². The molecule has 1 aromatic carbocycles. The summed E-state index contributed by atoms with van der Waals surface area (Å²) in [7, 11) is 0. The number of carboxylic acid groups (broad SMARTS) is 2. The molecular weight excluding hydrogens is 502 g/mol. The minimum atomic E-state index is -1.53. The van der Waals surface area contributed by atoms with E-state index >= 15 is 0 Å². The number of aromatic nitrogens is 3. The summed E-state index contributed by atoms with van der Waals surface area (Å²) in [4.78, 5) is 70.3. The van der Waals surface area contributed by atoms with Gasteiger partial charge in [0, 0.05) is 6.42 Å². The summed E-state index contributed by atoms with van der Waals surface area (Å²) in [5, 5.41) is 21.0. The van der Waals surface area contributed by atoms with Crippen molar-refractivity contribution in [1.29, 1.82) is 0 Å². The summed E-state index contributed by atoms with van der Waals surface area (Å²) < 4.78 is 5.77. The van der Waals surface area contributed by atoms with Gasteiger partial charge in [-0.25, -0.2) is 4.79 Å². The van der Waals surface area contributed by atoms with Crippen molar-refractivity contribution in [2.75, 3.05) is 21.7 Å². The molecule has 3 aromatic rings. The lowest BCUT2D eigenvalue weighted by atomic mass is 10.1. The first-order chi connectivity index (χ1) is 18.1. The number of hydrogen-bond donors (Lipinski definition) is 6. The molecule has 3 rings (SSSR count). The van der Waals surface area contributed by atoms with Gasteiger partial charge >= 0.3 is 11.9 Å². The van der Waals surface area contributed by atoms with Crippen LogP contribution in [0.2, 0.25) is 0 Å². The number of carbonyl (C=O) groups excluding carboxylic acids is 2. The third-order valence-corrected chi connectivity index (χ3v) is 5.11. The molecule has 2 aromatic heterocycles. The Hall–Kier alpha value is -5.47. The second-order valence-corrected chi connectivity index (χ2v) is 7.78. The maximum atomic E-state index is 12.7. The number of ether oxygens (including phenoxy) is 1. The van der Waals surface area contributed by atoms with Gasteiger partial charge in [-0.2, -0.15) is 9.97 Å². The Bertz CT molecular complexity index is 1410. The number of benzene rings is 1. The summed E-state index contributed by atoms with van der Waals surface area (Å²) in [5.41, 5.74) is 10.3. The average molecular weight is 525 g/mol. The van der Waals surface area contributed by atoms with Crippen molar-refractivity contribution in [1.82, 2.24) is 15.0 Å². The molecule has 1 atom stereocenters. The highest BCUT2D eigenvalue weighted by molar-refractivity contribution is 5.94. The number of aromatic amines is 1. The fraction of sp³-hybridized carbons (Fsp3) is 0.174. The number of para-hydroxylation sites is 1. The number of nitrogens with one attached hydrogen (secondary N) is 2. The predicted octanol–water partition coefficient (Wildman–Crippen LogP) is 0.584. The number of hydrogen-bond acceptors (Lipinski definition) is 10. The Morgan fingerprint density at radius 3 is 2.42 bits per heavy atom. The minimum absolute atomic E-state index is 0.0178. The van der Waals surface area contributed by atoms with E-state index in [4.69, 9.17) is 21.3 Å². The van der Waals surface area contributed by atoms with Crippen LogP contribution in [0.4, 0.5) is 23.3 Å². The van der Waals surface area contributed by atoms with Crippen LogP contribution in [-0.4, -0.2) is 55.5 Å². The highest BCUT2D eigenvalue weighted by atomic mass is 16.5. The van der Waals surface area contributed by atoms with Crippen LogP contribution < -0.4 is 32.0 Å². The molecule has 0 saturated heterocycles. The van der Waals surface area contributed by atoms with Crippen LogP contribution >= 0.6 is 0 Å². The first-order valence-corrected chi connectivity index (χ1v) is 10.9. The molecule has 0 unspecified atom stereocenters. The molecule has 15 nitrogen and oxygen atoms in total. The van der Waals surface area contributed by atoms with Crippen LogP contribution in [0, 0.1) is 0 Å². The molecule has 8 N–H and O–H groups in total. The Morgan fingerprint density at radius 2 is 1.82 bits per heavy atom. The molecule has 0 aliphatic rings. The summed E-state index contributed by atoms with van der Waals surface area (Å²) in [5.74, 6) is -3.90. The van der Waals surface area contributed by atoms with Crippen molar-refractivity contribution in [2.24, 2.45) is 0 Å². The van der Waals surface area contributed by atoms with E-state index in [2.05, 4.69) is 20.3 Å². The molecule has 0 spiro atoms. The average Bonchev–Trinajstić information content (AvgIpc) is 2.85. The molecule has 0 aliphatic heterocycles. The third kappa shape index (κ3) is 6.81. The lowest BCUT2D eigenvalue weighted by molar-refractivity contribution is -0.140. The smallest absolute Gasteiger partial charge is 0.326 e. The molecule has 38 heavy (non-hydrogen) atoms. The van der Waals surface area contributed by atoms with E-state index in [-0.39, 0.29) is 47.5 Å². The van der Waals surface area contributed by atoms with Crippen LogP contribution in [0.15, 0.2) is 47.3 Å². The maximum Gasteiger partial charge on any atom is 0.326 e. The molecule has 0 radical (unpaired) electrons. The Balaban J connectivity index is 1.95. The van der Waals surface area contributed by atoms with Gasteiger partial charge < -0.3 is 31.7 Å². The second-order valence-electron chi connectivity index (χ2n) is 7.78. The number of amides is 2. The van der Waals surface area contributed by atoms with E-state index in [1.165, 1.54) is 12.1 Å². The first-order valence-electron chi connectivity index (χ1n) is 10.9. The van der Waals surface area contributed by atoms with Crippen molar-refractivity contribution in [3.63, 3.8) is 0 Å². The number of carboxylic acids is 2. The van der Waals surface area contributed by atoms with Crippen molar-refractivity contribution >= 4 is 47.5 Å². The van der Waals surface area contributed by atoms with Crippen LogP contribution in [0.25, 0.3) is 0 Å². The highest BCUT2D eigenvalue weighted by Crippen LogP contribution is 2.31. The largest absolute Gasteiger partial charge is 0.481 e. The summed E-state index contributed by atoms with van der Waals surface area (Å²) >= 11 is 0. The topological polar surface area (TPSA) is 244 Å². The number of aliphatic carboxylic acids is 2. The predicted molar refractivity (Wildman–Crippen MR) is 134 cm³/mol. The second kappa shape index (κ2) is 12.0. The standard InChI is InChI=1S/C23H23N7O8/c24-19-13(20(35)29-23(25)28-19)10-17(32)26-14-6-8-16(27-21(14)38-12-4-2-1-3-5-12)30(11-31)15(22(36)37)7-9-18(33)34/h1-6,8,11,15H,7,9-10H2,(H,26,32)(H,33,34)(H,36,37)(H5,24,25,28,29,35)/t15-/m0/s1. The fourth-order valence-electron chi connectivity index (χ4n) is 3.34. The normalized spacial score (nSPS) is 11.3. The lowest BCUT2D eigenvalue weighted by Crippen LogP contribution is -2.41. The third-order valence-electron chi connectivity index (χ3n) is 5.11. The number of pyridine rings is 1. The van der Waals surface area contributed by atoms with E-state index < -0.39 is 42.3 Å². The van der Waals surface area contributed by atoms with E-state index in [1.807, 2.05) is 0 Å². The maximum absolute atomic E-state index is 12.7. The van der Waals surface area contributed by atoms with E-state index in [9.17, 15) is 29.1 Å². The van der Waals surface area contributed by atoms with Gasteiger partial charge in [0.05, 0.1) is 12.0 Å². The molecule has 15 heteroatoms. The summed E-state index contributed by atoms with van der Waals surface area (Å²) in [6.45, 7) is 0. The number of nitrogens with two attached hydrogens (primary N) is 2. The number of rotatable bonds is 12. The van der Waals surface area contributed by atoms with Gasteiger partial charge in [0.25, 0.3) is 5.56 Å². The Morgan fingerprint density at radius 1 is 1.11 bits per heavy atom. The number of anilines is 4. The van der Waals surface area contributed by atoms with Crippen LogP contribution in [0.3, 0.4) is 0 Å².